The van der Waals surface area contributed by atoms with Gasteiger partial charge in [0.1, 0.15) is 6.61 Å². The van der Waals surface area contributed by atoms with Crippen molar-refractivity contribution in [2.24, 2.45) is 10.9 Å². The van der Waals surface area contributed by atoms with Crippen molar-refractivity contribution in [1.82, 2.24) is 0 Å². The predicted molar refractivity (Wildman–Crippen MR) is 81.9 cm³/mol. The third kappa shape index (κ3) is 4.38. The summed E-state index contributed by atoms with van der Waals surface area (Å²) in [5, 5.41) is 4.97. The summed E-state index contributed by atoms with van der Waals surface area (Å²) in [4.78, 5) is 22.7. The lowest BCUT2D eigenvalue weighted by Gasteiger charge is -2.06. The van der Waals surface area contributed by atoms with Crippen molar-refractivity contribution in [3.8, 4) is 0 Å². The Morgan fingerprint density at radius 1 is 0.913 bits per heavy atom. The monoisotopic (exact) mass is 334 g/mol. The van der Waals surface area contributed by atoms with E-state index in [9.17, 15) is 18.0 Å². The first kappa shape index (κ1) is 16.7. The first-order chi connectivity index (χ1) is 10.8. The second-order valence-corrected chi connectivity index (χ2v) is 6.27. The Bertz CT molecular complexity index is 827. The van der Waals surface area contributed by atoms with Crippen molar-refractivity contribution in [3.63, 3.8) is 0 Å². The zero-order valence-corrected chi connectivity index (χ0v) is 12.7. The lowest BCUT2D eigenvalue weighted by Crippen LogP contribution is -2.12. The summed E-state index contributed by atoms with van der Waals surface area (Å²) in [5.41, 5.74) is 6.37. The molecular formula is C15H14N2O5S. The molecule has 1 amide bonds. The highest BCUT2D eigenvalue weighted by atomic mass is 32.2. The fraction of sp³-hybridized carbons (Fsp3) is 0.0667. The molecule has 0 saturated heterocycles. The van der Waals surface area contributed by atoms with E-state index in [1.54, 1.807) is 12.1 Å². The fourth-order valence-electron chi connectivity index (χ4n) is 1.78. The van der Waals surface area contributed by atoms with Crippen molar-refractivity contribution in [2.45, 2.75) is 11.5 Å². The van der Waals surface area contributed by atoms with E-state index < -0.39 is 21.9 Å². The quantitative estimate of drug-likeness (QED) is 0.781. The van der Waals surface area contributed by atoms with Gasteiger partial charge >= 0.3 is 5.97 Å². The molecule has 0 fully saturated rings. The number of ether oxygens (including phenoxy) is 1. The van der Waals surface area contributed by atoms with Crippen LogP contribution >= 0.6 is 0 Å². The number of rotatable bonds is 5. The van der Waals surface area contributed by atoms with Crippen LogP contribution in [0.15, 0.2) is 53.4 Å². The number of benzene rings is 2. The van der Waals surface area contributed by atoms with Crippen LogP contribution in [0.4, 0.5) is 0 Å². The number of primary amides is 1. The SMILES string of the molecule is NC(=O)c1ccc(COC(=O)c2ccc(S(N)(=O)=O)cc2)cc1. The Morgan fingerprint density at radius 3 is 1.91 bits per heavy atom. The fourth-order valence-corrected chi connectivity index (χ4v) is 2.29. The predicted octanol–water partition coefficient (Wildman–Crippen LogP) is 0.790. The number of hydrogen-bond acceptors (Lipinski definition) is 5. The number of carbonyl (C=O) groups excluding carboxylic acids is 2. The number of esters is 1. The Morgan fingerprint density at radius 2 is 1.43 bits per heavy atom. The van der Waals surface area contributed by atoms with Crippen LogP contribution in [0, 0.1) is 0 Å². The van der Waals surface area contributed by atoms with E-state index in [1.165, 1.54) is 36.4 Å². The molecule has 2 aromatic rings. The average Bonchev–Trinajstić information content (AvgIpc) is 2.52. The molecule has 2 rings (SSSR count). The van der Waals surface area contributed by atoms with Crippen molar-refractivity contribution in [3.05, 3.63) is 65.2 Å². The van der Waals surface area contributed by atoms with Crippen LogP contribution in [0.25, 0.3) is 0 Å². The van der Waals surface area contributed by atoms with Crippen molar-refractivity contribution in [2.75, 3.05) is 0 Å². The maximum absolute atomic E-state index is 11.9. The molecule has 0 unspecified atom stereocenters. The molecule has 8 heteroatoms. The normalized spacial score (nSPS) is 11.0. The summed E-state index contributed by atoms with van der Waals surface area (Å²) in [6.07, 6.45) is 0. The first-order valence-corrected chi connectivity index (χ1v) is 8.01. The highest BCUT2D eigenvalue weighted by Gasteiger charge is 2.11. The van der Waals surface area contributed by atoms with Gasteiger partial charge in [0.2, 0.25) is 15.9 Å². The Hall–Kier alpha value is -2.71. The number of amides is 1. The van der Waals surface area contributed by atoms with Gasteiger partial charge in [-0.1, -0.05) is 12.1 Å². The molecule has 0 heterocycles. The van der Waals surface area contributed by atoms with Gasteiger partial charge in [0.15, 0.2) is 0 Å². The van der Waals surface area contributed by atoms with Crippen molar-refractivity contribution < 1.29 is 22.7 Å². The summed E-state index contributed by atoms with van der Waals surface area (Å²) < 4.78 is 27.4. The van der Waals surface area contributed by atoms with E-state index in [4.69, 9.17) is 15.6 Å². The average molecular weight is 334 g/mol. The highest BCUT2D eigenvalue weighted by Crippen LogP contribution is 2.11. The molecule has 0 aliphatic carbocycles. The largest absolute Gasteiger partial charge is 0.457 e. The Labute approximate surface area is 132 Å². The summed E-state index contributed by atoms with van der Waals surface area (Å²) in [6, 6.07) is 11.4. The minimum absolute atomic E-state index is 0.00874. The molecule has 0 aromatic heterocycles. The number of primary sulfonamides is 1. The molecule has 0 saturated carbocycles. The molecule has 23 heavy (non-hydrogen) atoms. The molecule has 120 valence electrons. The Balaban J connectivity index is 2.00. The van der Waals surface area contributed by atoms with Gasteiger partial charge in [-0.3, -0.25) is 4.79 Å². The van der Waals surface area contributed by atoms with Gasteiger partial charge in [0.25, 0.3) is 0 Å². The van der Waals surface area contributed by atoms with Crippen LogP contribution in [0.5, 0.6) is 0 Å². The van der Waals surface area contributed by atoms with Gasteiger partial charge in [0, 0.05) is 5.56 Å². The molecule has 0 aliphatic rings. The van der Waals surface area contributed by atoms with Crippen LogP contribution in [-0.2, 0) is 21.4 Å². The minimum Gasteiger partial charge on any atom is -0.457 e. The number of hydrogen-bond donors (Lipinski definition) is 2. The standard InChI is InChI=1S/C15H14N2O5S/c16-14(18)11-3-1-10(2-4-11)9-22-15(19)12-5-7-13(8-6-12)23(17,20)21/h1-8H,9H2,(H2,16,18)(H2,17,20,21). The van der Waals surface area contributed by atoms with Crippen LogP contribution in [-0.4, -0.2) is 20.3 Å². The van der Waals surface area contributed by atoms with Crippen LogP contribution in [0.3, 0.4) is 0 Å². The maximum Gasteiger partial charge on any atom is 0.338 e. The molecule has 2 aromatic carbocycles. The molecule has 0 radical (unpaired) electrons. The first-order valence-electron chi connectivity index (χ1n) is 6.46. The van der Waals surface area contributed by atoms with E-state index in [2.05, 4.69) is 0 Å². The molecule has 0 spiro atoms. The van der Waals surface area contributed by atoms with E-state index in [0.717, 1.165) is 0 Å². The van der Waals surface area contributed by atoms with Gasteiger partial charge < -0.3 is 10.5 Å². The second-order valence-electron chi connectivity index (χ2n) is 4.71. The van der Waals surface area contributed by atoms with Gasteiger partial charge in [0.05, 0.1) is 10.5 Å². The maximum atomic E-state index is 11.9. The van der Waals surface area contributed by atoms with Crippen molar-refractivity contribution >= 4 is 21.9 Å². The van der Waals surface area contributed by atoms with Gasteiger partial charge in [-0.25, -0.2) is 18.4 Å². The lowest BCUT2D eigenvalue weighted by atomic mass is 10.1. The van der Waals surface area contributed by atoms with E-state index in [1.807, 2.05) is 0 Å². The lowest BCUT2D eigenvalue weighted by molar-refractivity contribution is 0.0472. The van der Waals surface area contributed by atoms with E-state index >= 15 is 0 Å². The number of carbonyl (C=O) groups is 2. The molecule has 0 aliphatic heterocycles. The zero-order chi connectivity index (χ0) is 17.0. The van der Waals surface area contributed by atoms with Crippen LogP contribution < -0.4 is 10.9 Å². The number of nitrogens with two attached hydrogens (primary N) is 2. The van der Waals surface area contributed by atoms with E-state index in [0.29, 0.717) is 11.1 Å². The third-order valence-corrected chi connectivity index (χ3v) is 3.96. The van der Waals surface area contributed by atoms with Crippen LogP contribution in [0.1, 0.15) is 26.3 Å². The summed E-state index contributed by atoms with van der Waals surface area (Å²) in [6.45, 7) is 0.00874. The van der Waals surface area contributed by atoms with Crippen LogP contribution in [0.2, 0.25) is 0 Å². The van der Waals surface area contributed by atoms with E-state index in [-0.39, 0.29) is 17.1 Å². The summed E-state index contributed by atoms with van der Waals surface area (Å²) >= 11 is 0. The van der Waals surface area contributed by atoms with Gasteiger partial charge in [-0.2, -0.15) is 0 Å². The van der Waals surface area contributed by atoms with Crippen molar-refractivity contribution in [1.29, 1.82) is 0 Å². The van der Waals surface area contributed by atoms with Gasteiger partial charge in [-0.05, 0) is 42.0 Å². The smallest absolute Gasteiger partial charge is 0.338 e. The highest BCUT2D eigenvalue weighted by molar-refractivity contribution is 7.89. The molecule has 4 N–H and O–H groups in total. The Kier molecular flexibility index (Phi) is 4.77. The number of sulfonamides is 1. The minimum atomic E-state index is -3.80. The topological polar surface area (TPSA) is 130 Å². The second kappa shape index (κ2) is 6.59. The van der Waals surface area contributed by atoms with Gasteiger partial charge in [-0.15, -0.1) is 0 Å². The summed E-state index contributed by atoms with van der Waals surface area (Å²) in [7, 11) is -3.80. The molecule has 7 nitrogen and oxygen atoms in total. The molecule has 0 atom stereocenters. The zero-order valence-electron chi connectivity index (χ0n) is 11.9. The molecular weight excluding hydrogens is 320 g/mol. The molecule has 0 bridgehead atoms. The summed E-state index contributed by atoms with van der Waals surface area (Å²) in [5.74, 6) is -1.14. The third-order valence-electron chi connectivity index (χ3n) is 3.03.